The van der Waals surface area contributed by atoms with E-state index in [2.05, 4.69) is 6.58 Å². The SMILES string of the molecule is C=C1C[C@@H]2O[C@@H](C)C3=C(C(O)c4c(O)c5c(c(O)c4C3=O)C3(O)C(C)OC5CC3O[C@H]3CC[C@H](O)[C@H](C)O3)[C@@H]2O1. The van der Waals surface area contributed by atoms with Crippen LogP contribution in [0, 0.1) is 0 Å². The van der Waals surface area contributed by atoms with Crippen molar-refractivity contribution in [1.82, 2.24) is 0 Å². The van der Waals surface area contributed by atoms with Gasteiger partial charge in [-0.25, -0.2) is 0 Å². The average molecular weight is 559 g/mol. The van der Waals surface area contributed by atoms with E-state index in [9.17, 15) is 30.3 Å². The van der Waals surface area contributed by atoms with Crippen molar-refractivity contribution in [3.05, 3.63) is 45.7 Å². The van der Waals surface area contributed by atoms with Crippen LogP contribution in [0.2, 0.25) is 0 Å². The van der Waals surface area contributed by atoms with Gasteiger partial charge < -0.3 is 49.2 Å². The van der Waals surface area contributed by atoms with E-state index in [4.69, 9.17) is 23.7 Å². The Bertz CT molecular complexity index is 1350. The molecule has 3 fully saturated rings. The zero-order valence-electron chi connectivity index (χ0n) is 22.5. The van der Waals surface area contributed by atoms with Crippen LogP contribution in [0.4, 0.5) is 0 Å². The molecule has 0 spiro atoms. The maximum Gasteiger partial charge on any atom is 0.196 e. The maximum absolute atomic E-state index is 14.0. The number of aliphatic hydroxyl groups excluding tert-OH is 2. The Morgan fingerprint density at radius 3 is 2.50 bits per heavy atom. The quantitative estimate of drug-likeness (QED) is 0.337. The molecule has 11 heteroatoms. The molecule has 2 aliphatic carbocycles. The van der Waals surface area contributed by atoms with Gasteiger partial charge in [-0.15, -0.1) is 0 Å². The third-order valence-electron chi connectivity index (χ3n) is 9.58. The lowest BCUT2D eigenvalue weighted by atomic mass is 9.66. The number of benzene rings is 1. The zero-order valence-corrected chi connectivity index (χ0v) is 22.5. The number of ketones is 1. The third-order valence-corrected chi connectivity index (χ3v) is 9.58. The molecule has 0 saturated carbocycles. The fraction of sp³-hybridized carbons (Fsp3) is 0.621. The van der Waals surface area contributed by atoms with Crippen LogP contribution in [-0.2, 0) is 29.3 Å². The predicted octanol–water partition coefficient (Wildman–Crippen LogP) is 2.04. The average Bonchev–Trinajstić information content (AvgIpc) is 3.26. The fourth-order valence-corrected chi connectivity index (χ4v) is 7.60. The van der Waals surface area contributed by atoms with Gasteiger partial charge in [-0.05, 0) is 27.2 Å². The number of aliphatic hydroxyl groups is 3. The number of aromatic hydroxyl groups is 2. The standard InChI is InChI=1S/C29H34O11/c1-9-7-15-28(36-9)22-18(11(3)37-15)24(31)21-20(26(22)33)25(32)19-14-8-16(40-17-6-5-13(30)10(2)38-17)29(35,12(4)39-14)23(19)27(21)34/h10-17,26,28,30,32-35H,1,5-8H2,2-4H3/t10-,11-,12?,13-,14?,15-,16?,17-,26?,28+,29?/m0/s1. The van der Waals surface area contributed by atoms with Gasteiger partial charge in [0, 0.05) is 47.1 Å². The van der Waals surface area contributed by atoms with Gasteiger partial charge in [0.15, 0.2) is 12.1 Å². The van der Waals surface area contributed by atoms with Crippen LogP contribution in [0.15, 0.2) is 23.5 Å². The molecule has 0 radical (unpaired) electrons. The van der Waals surface area contributed by atoms with E-state index in [0.717, 1.165) is 0 Å². The van der Waals surface area contributed by atoms with Crippen molar-refractivity contribution in [1.29, 1.82) is 0 Å². The summed E-state index contributed by atoms with van der Waals surface area (Å²) in [5.41, 5.74) is -1.87. The Morgan fingerprint density at radius 2 is 1.77 bits per heavy atom. The van der Waals surface area contributed by atoms with Crippen molar-refractivity contribution in [2.45, 2.75) is 113 Å². The lowest BCUT2D eigenvalue weighted by molar-refractivity contribution is -0.311. The normalized spacial score (nSPS) is 43.6. The second-order valence-corrected chi connectivity index (χ2v) is 11.8. The number of fused-ring (bicyclic) bond motifs is 5. The molecule has 1 aromatic rings. The summed E-state index contributed by atoms with van der Waals surface area (Å²) < 4.78 is 29.9. The van der Waals surface area contributed by atoms with Gasteiger partial charge in [0.1, 0.15) is 35.4 Å². The topological polar surface area (TPSA) is 164 Å². The highest BCUT2D eigenvalue weighted by molar-refractivity contribution is 6.15. The van der Waals surface area contributed by atoms with Crippen LogP contribution in [-0.4, -0.2) is 80.3 Å². The van der Waals surface area contributed by atoms with Crippen LogP contribution in [0.25, 0.3) is 0 Å². The number of ether oxygens (including phenoxy) is 5. The first kappa shape index (κ1) is 26.4. The van der Waals surface area contributed by atoms with E-state index in [1.807, 2.05) is 0 Å². The summed E-state index contributed by atoms with van der Waals surface area (Å²) in [6.45, 7) is 8.92. The number of phenols is 2. The third kappa shape index (κ3) is 3.34. The second-order valence-electron chi connectivity index (χ2n) is 11.8. The molecule has 5 N–H and O–H groups in total. The van der Waals surface area contributed by atoms with Crippen molar-refractivity contribution in [3.8, 4) is 11.5 Å². The number of carbonyl (C=O) groups excluding carboxylic acids is 1. The molecule has 8 rings (SSSR count). The van der Waals surface area contributed by atoms with Crippen LogP contribution in [0.1, 0.15) is 85.7 Å². The van der Waals surface area contributed by atoms with Gasteiger partial charge in [0.2, 0.25) is 0 Å². The van der Waals surface area contributed by atoms with Gasteiger partial charge in [0.25, 0.3) is 0 Å². The summed E-state index contributed by atoms with van der Waals surface area (Å²) in [5, 5.41) is 57.2. The number of Topliss-reactive ketones (excluding diaryl/α,β-unsaturated/α-hetero) is 1. The smallest absolute Gasteiger partial charge is 0.196 e. The van der Waals surface area contributed by atoms with E-state index in [0.29, 0.717) is 25.0 Å². The van der Waals surface area contributed by atoms with E-state index in [1.54, 1.807) is 20.8 Å². The van der Waals surface area contributed by atoms with Gasteiger partial charge in [0.05, 0.1) is 47.9 Å². The minimum Gasteiger partial charge on any atom is -0.507 e. The first-order valence-electron chi connectivity index (χ1n) is 13.9. The van der Waals surface area contributed by atoms with Crippen molar-refractivity contribution >= 4 is 5.78 Å². The molecule has 11 nitrogen and oxygen atoms in total. The summed E-state index contributed by atoms with van der Waals surface area (Å²) in [6.07, 6.45) is -6.32. The van der Waals surface area contributed by atoms with E-state index in [1.165, 1.54) is 0 Å². The van der Waals surface area contributed by atoms with Gasteiger partial charge in [-0.1, -0.05) is 6.58 Å². The number of hydrogen-bond donors (Lipinski definition) is 5. The molecule has 2 bridgehead atoms. The Labute approximate surface area is 230 Å². The summed E-state index contributed by atoms with van der Waals surface area (Å²) in [7, 11) is 0. The number of carbonyl (C=O) groups is 1. The lowest BCUT2D eigenvalue weighted by Gasteiger charge is -2.54. The van der Waals surface area contributed by atoms with Crippen molar-refractivity contribution in [2.24, 2.45) is 0 Å². The van der Waals surface area contributed by atoms with Crippen LogP contribution >= 0.6 is 0 Å². The van der Waals surface area contributed by atoms with Crippen molar-refractivity contribution in [3.63, 3.8) is 0 Å². The highest BCUT2D eigenvalue weighted by Gasteiger charge is 2.61. The fourth-order valence-electron chi connectivity index (χ4n) is 7.60. The van der Waals surface area contributed by atoms with E-state index >= 15 is 0 Å². The molecule has 3 saturated heterocycles. The molecular formula is C29H34O11. The number of hydrogen-bond acceptors (Lipinski definition) is 11. The Kier molecular flexibility index (Phi) is 5.77. The molecule has 1 aromatic carbocycles. The van der Waals surface area contributed by atoms with Crippen molar-refractivity contribution < 1.29 is 54.0 Å². The maximum atomic E-state index is 14.0. The minimum atomic E-state index is -1.95. The molecular weight excluding hydrogens is 524 g/mol. The molecule has 5 aliphatic heterocycles. The van der Waals surface area contributed by atoms with Crippen LogP contribution in [0.3, 0.4) is 0 Å². The second kappa shape index (κ2) is 8.75. The van der Waals surface area contributed by atoms with E-state index < -0.39 is 84.1 Å². The van der Waals surface area contributed by atoms with Gasteiger partial charge >= 0.3 is 0 Å². The van der Waals surface area contributed by atoms with Gasteiger partial charge in [-0.2, -0.15) is 0 Å². The first-order valence-corrected chi connectivity index (χ1v) is 13.9. The van der Waals surface area contributed by atoms with E-state index in [-0.39, 0.29) is 39.8 Å². The summed E-state index contributed by atoms with van der Waals surface area (Å²) in [5.74, 6) is -1.10. The molecule has 11 atom stereocenters. The molecule has 0 aromatic heterocycles. The van der Waals surface area contributed by atoms with Crippen molar-refractivity contribution in [2.75, 3.05) is 0 Å². The zero-order chi connectivity index (χ0) is 28.4. The van der Waals surface area contributed by atoms with Gasteiger partial charge in [-0.3, -0.25) is 4.79 Å². The summed E-state index contributed by atoms with van der Waals surface area (Å²) in [6, 6.07) is 0. The lowest BCUT2D eigenvalue weighted by Crippen LogP contribution is -2.60. The monoisotopic (exact) mass is 558 g/mol. The highest BCUT2D eigenvalue weighted by atomic mass is 16.7. The molecule has 40 heavy (non-hydrogen) atoms. The first-order chi connectivity index (χ1) is 18.9. The van der Waals surface area contributed by atoms with Crippen LogP contribution < -0.4 is 0 Å². The Balaban J connectivity index is 1.35. The number of phenolic OH excluding ortho intramolecular Hbond substituents is 2. The highest BCUT2D eigenvalue weighted by Crippen LogP contribution is 2.62. The minimum absolute atomic E-state index is 0.0509. The molecule has 216 valence electrons. The number of rotatable bonds is 2. The molecule has 7 aliphatic rings. The summed E-state index contributed by atoms with van der Waals surface area (Å²) in [4.78, 5) is 14.0. The Morgan fingerprint density at radius 1 is 1.02 bits per heavy atom. The molecule has 5 heterocycles. The Hall–Kier alpha value is -2.51. The molecule has 5 unspecified atom stereocenters. The predicted molar refractivity (Wildman–Crippen MR) is 135 cm³/mol. The summed E-state index contributed by atoms with van der Waals surface area (Å²) >= 11 is 0. The largest absolute Gasteiger partial charge is 0.507 e. The van der Waals surface area contributed by atoms with Crippen LogP contribution in [0.5, 0.6) is 11.5 Å². The molecule has 0 amide bonds.